The minimum atomic E-state index is -1.76. The Morgan fingerprint density at radius 2 is 0.875 bits per heavy atom. The van der Waals surface area contributed by atoms with Crippen molar-refractivity contribution in [2.75, 3.05) is 26.4 Å². The fraction of sp³-hybridized carbons (Fsp3) is 0.500. The zero-order valence-electron chi connectivity index (χ0n) is 8.40. The summed E-state index contributed by atoms with van der Waals surface area (Å²) in [5.74, 6) is 0. The first kappa shape index (κ1) is 13.7. The van der Waals surface area contributed by atoms with Gasteiger partial charge in [-0.15, -0.1) is 0 Å². The van der Waals surface area contributed by atoms with E-state index in [-0.39, 0.29) is 26.4 Å². The quantitative estimate of drug-likeness (QED) is 0.590. The molecule has 0 aliphatic carbocycles. The summed E-state index contributed by atoms with van der Waals surface area (Å²) < 4.78 is 41.1. The summed E-state index contributed by atoms with van der Waals surface area (Å²) in [5, 5.41) is 0. The summed E-state index contributed by atoms with van der Waals surface area (Å²) in [6.07, 6.45) is 6.33. The molecular formula is C8H12O6S2. The maximum Gasteiger partial charge on any atom is 0.305 e. The Hall–Kier alpha value is -0.380. The monoisotopic (exact) mass is 268 g/mol. The van der Waals surface area contributed by atoms with Crippen LogP contribution in [0.4, 0.5) is 0 Å². The minimum absolute atomic E-state index is 0.132. The molecule has 1 heterocycles. The van der Waals surface area contributed by atoms with Crippen LogP contribution in [-0.2, 0) is 39.5 Å². The van der Waals surface area contributed by atoms with Gasteiger partial charge >= 0.3 is 22.7 Å². The largest absolute Gasteiger partial charge is 0.305 e. The predicted octanol–water partition coefficient (Wildman–Crippen LogP) is 0.336. The van der Waals surface area contributed by atoms with Crippen LogP contribution in [0.25, 0.3) is 0 Å². The van der Waals surface area contributed by atoms with E-state index in [1.165, 1.54) is 0 Å². The Kier molecular flexibility index (Phi) is 7.47. The molecule has 0 aromatic rings. The van der Waals surface area contributed by atoms with Crippen molar-refractivity contribution in [2.45, 2.75) is 0 Å². The summed E-state index contributed by atoms with van der Waals surface area (Å²) in [6, 6.07) is 0. The molecule has 92 valence electrons. The van der Waals surface area contributed by atoms with Crippen molar-refractivity contribution in [3.63, 3.8) is 0 Å². The van der Waals surface area contributed by atoms with E-state index in [9.17, 15) is 8.42 Å². The molecule has 6 nitrogen and oxygen atoms in total. The molecule has 0 amide bonds. The summed E-state index contributed by atoms with van der Waals surface area (Å²) in [4.78, 5) is 0. The normalized spacial score (nSPS) is 29.8. The molecule has 0 spiro atoms. The van der Waals surface area contributed by atoms with Crippen LogP contribution >= 0.6 is 0 Å². The van der Waals surface area contributed by atoms with E-state index in [2.05, 4.69) is 0 Å². The lowest BCUT2D eigenvalue weighted by Crippen LogP contribution is -2.05. The Balaban J connectivity index is 2.40. The maximum absolute atomic E-state index is 11.0. The van der Waals surface area contributed by atoms with Crippen molar-refractivity contribution in [3.8, 4) is 0 Å². The molecule has 16 heavy (non-hydrogen) atoms. The minimum Gasteiger partial charge on any atom is -0.264 e. The SMILES string of the molecule is O=S1OCC=CCOS(=O)OCC=CCO1. The van der Waals surface area contributed by atoms with Crippen molar-refractivity contribution >= 4 is 22.7 Å². The van der Waals surface area contributed by atoms with Gasteiger partial charge in [-0.3, -0.25) is 16.7 Å². The third kappa shape index (κ3) is 6.99. The standard InChI is InChI=1S/C8H12O6S2/c9-15-11-5-1-2-6-12-16(10)14-8-4-3-7-13-15/h1-4H,5-8H2. The highest BCUT2D eigenvalue weighted by molar-refractivity contribution is 7.75. The van der Waals surface area contributed by atoms with Gasteiger partial charge < -0.3 is 0 Å². The van der Waals surface area contributed by atoms with Gasteiger partial charge in [0.2, 0.25) is 0 Å². The molecule has 0 aromatic heterocycles. The number of rotatable bonds is 0. The molecule has 0 radical (unpaired) electrons. The average molecular weight is 268 g/mol. The lowest BCUT2D eigenvalue weighted by atomic mass is 10.5. The molecule has 0 saturated carbocycles. The van der Waals surface area contributed by atoms with Gasteiger partial charge in [-0.05, 0) is 0 Å². The number of hydrogen-bond acceptors (Lipinski definition) is 6. The van der Waals surface area contributed by atoms with E-state index < -0.39 is 22.7 Å². The van der Waals surface area contributed by atoms with Gasteiger partial charge in [-0.1, -0.05) is 24.3 Å². The molecule has 0 saturated heterocycles. The second kappa shape index (κ2) is 8.74. The van der Waals surface area contributed by atoms with Gasteiger partial charge in [0.1, 0.15) is 0 Å². The van der Waals surface area contributed by atoms with Gasteiger partial charge in [-0.2, -0.15) is 8.42 Å². The first-order chi connectivity index (χ1) is 7.79. The molecule has 0 N–H and O–H groups in total. The molecule has 0 atom stereocenters. The van der Waals surface area contributed by atoms with Gasteiger partial charge in [-0.25, -0.2) is 0 Å². The van der Waals surface area contributed by atoms with Crippen LogP contribution < -0.4 is 0 Å². The maximum atomic E-state index is 11.0. The number of hydrogen-bond donors (Lipinski definition) is 0. The van der Waals surface area contributed by atoms with Crippen LogP contribution in [0.15, 0.2) is 24.3 Å². The van der Waals surface area contributed by atoms with Crippen LogP contribution in [-0.4, -0.2) is 34.8 Å². The molecular weight excluding hydrogens is 256 g/mol. The molecule has 1 aliphatic rings. The highest BCUT2D eigenvalue weighted by Gasteiger charge is 2.00. The summed E-state index contributed by atoms with van der Waals surface area (Å²) in [6.45, 7) is 0.528. The summed E-state index contributed by atoms with van der Waals surface area (Å²) in [5.41, 5.74) is 0. The van der Waals surface area contributed by atoms with Crippen LogP contribution in [0, 0.1) is 0 Å². The van der Waals surface area contributed by atoms with E-state index in [4.69, 9.17) is 16.7 Å². The second-order valence-corrected chi connectivity index (χ2v) is 4.25. The van der Waals surface area contributed by atoms with Crippen molar-refractivity contribution in [3.05, 3.63) is 24.3 Å². The lowest BCUT2D eigenvalue weighted by molar-refractivity contribution is 0.277. The average Bonchev–Trinajstić information content (AvgIpc) is 2.27. The van der Waals surface area contributed by atoms with E-state index in [1.54, 1.807) is 24.3 Å². The highest BCUT2D eigenvalue weighted by Crippen LogP contribution is 1.94. The van der Waals surface area contributed by atoms with E-state index in [0.717, 1.165) is 0 Å². The highest BCUT2D eigenvalue weighted by atomic mass is 32.2. The fourth-order valence-electron chi connectivity index (χ4n) is 0.720. The molecule has 0 unspecified atom stereocenters. The first-order valence-corrected chi connectivity index (χ1v) is 6.45. The zero-order chi connectivity index (χ0) is 11.6. The Bertz CT molecular complexity index is 247. The van der Waals surface area contributed by atoms with Crippen LogP contribution in [0.1, 0.15) is 0 Å². The van der Waals surface area contributed by atoms with Crippen molar-refractivity contribution < 1.29 is 25.2 Å². The third-order valence-corrected chi connectivity index (χ3v) is 2.69. The Morgan fingerprint density at radius 1 is 0.625 bits per heavy atom. The molecule has 0 aromatic carbocycles. The fourth-order valence-corrected chi connectivity index (χ4v) is 1.61. The summed E-state index contributed by atoms with van der Waals surface area (Å²) >= 11 is -3.52. The Morgan fingerprint density at radius 3 is 1.12 bits per heavy atom. The second-order valence-electron chi connectivity index (χ2n) is 2.49. The predicted molar refractivity (Wildman–Crippen MR) is 58.4 cm³/mol. The molecule has 8 heteroatoms. The van der Waals surface area contributed by atoms with Crippen molar-refractivity contribution in [2.24, 2.45) is 0 Å². The van der Waals surface area contributed by atoms with Crippen LogP contribution in [0.3, 0.4) is 0 Å². The van der Waals surface area contributed by atoms with Gasteiger partial charge in [0.15, 0.2) is 0 Å². The molecule has 0 bridgehead atoms. The van der Waals surface area contributed by atoms with E-state index in [1.807, 2.05) is 0 Å². The molecule has 0 fully saturated rings. The van der Waals surface area contributed by atoms with Gasteiger partial charge in [0, 0.05) is 0 Å². The van der Waals surface area contributed by atoms with Gasteiger partial charge in [0.25, 0.3) is 0 Å². The lowest BCUT2D eigenvalue weighted by Gasteiger charge is -2.01. The molecule has 1 rings (SSSR count). The van der Waals surface area contributed by atoms with Crippen molar-refractivity contribution in [1.29, 1.82) is 0 Å². The topological polar surface area (TPSA) is 71.1 Å². The third-order valence-electron chi connectivity index (χ3n) is 1.38. The first-order valence-electron chi connectivity index (χ1n) is 4.45. The van der Waals surface area contributed by atoms with Gasteiger partial charge in [0.05, 0.1) is 26.4 Å². The van der Waals surface area contributed by atoms with Crippen LogP contribution in [0.2, 0.25) is 0 Å². The Labute approximate surface area is 98.9 Å². The van der Waals surface area contributed by atoms with Crippen LogP contribution in [0.5, 0.6) is 0 Å². The smallest absolute Gasteiger partial charge is 0.264 e. The zero-order valence-corrected chi connectivity index (χ0v) is 10.0. The molecule has 1 aliphatic heterocycles. The summed E-state index contributed by atoms with van der Waals surface area (Å²) in [7, 11) is 0. The van der Waals surface area contributed by atoms with E-state index in [0.29, 0.717) is 0 Å². The van der Waals surface area contributed by atoms with E-state index >= 15 is 0 Å². The van der Waals surface area contributed by atoms with Crippen molar-refractivity contribution in [1.82, 2.24) is 0 Å².